The average molecular weight is 342 g/mol. The van der Waals surface area contributed by atoms with E-state index in [2.05, 4.69) is 12.0 Å². The summed E-state index contributed by atoms with van der Waals surface area (Å²) < 4.78 is 7.50. The Labute approximate surface area is 148 Å². The van der Waals surface area contributed by atoms with Crippen LogP contribution in [0.25, 0.3) is 5.69 Å². The van der Waals surface area contributed by atoms with E-state index in [1.165, 1.54) is 0 Å². The zero-order chi connectivity index (χ0) is 17.9. The molecule has 1 aliphatic heterocycles. The largest absolute Gasteiger partial charge is 0.489 e. The van der Waals surface area contributed by atoms with Gasteiger partial charge >= 0.3 is 0 Å². The predicted molar refractivity (Wildman–Crippen MR) is 97.0 cm³/mol. The number of amides is 1. The number of benzene rings is 1. The fourth-order valence-corrected chi connectivity index (χ4v) is 3.05. The third-order valence-electron chi connectivity index (χ3n) is 4.70. The van der Waals surface area contributed by atoms with Crippen LogP contribution < -0.4 is 10.5 Å². The van der Waals surface area contributed by atoms with Crippen molar-refractivity contribution >= 4 is 5.91 Å². The molecule has 1 aromatic carbocycles. The maximum Gasteiger partial charge on any atom is 0.278 e. The number of rotatable bonds is 6. The van der Waals surface area contributed by atoms with Gasteiger partial charge in [-0.15, -0.1) is 0 Å². The summed E-state index contributed by atoms with van der Waals surface area (Å²) >= 11 is 0. The van der Waals surface area contributed by atoms with Gasteiger partial charge in [-0.25, -0.2) is 4.68 Å². The van der Waals surface area contributed by atoms with Gasteiger partial charge in [-0.05, 0) is 36.9 Å². The molecular formula is C19H26N4O2. The molecule has 6 heteroatoms. The molecule has 25 heavy (non-hydrogen) atoms. The van der Waals surface area contributed by atoms with Crippen LogP contribution in [0.2, 0.25) is 0 Å². The van der Waals surface area contributed by atoms with Crippen LogP contribution >= 0.6 is 0 Å². The van der Waals surface area contributed by atoms with Crippen molar-refractivity contribution in [1.82, 2.24) is 14.7 Å². The number of aromatic nitrogens is 2. The molecule has 2 aromatic rings. The molecule has 134 valence electrons. The predicted octanol–water partition coefficient (Wildman–Crippen LogP) is 2.47. The summed E-state index contributed by atoms with van der Waals surface area (Å²) in [6.45, 7) is 6.66. The lowest BCUT2D eigenvalue weighted by Gasteiger charge is -2.22. The molecule has 2 heterocycles. The monoisotopic (exact) mass is 342 g/mol. The standard InChI is InChI=1S/C19H26N4O2/c1-3-11-25-16-12-23(15-7-5-4-6-8-15)21-17(16)18(24)22-10-9-19(2,13-20)14-22/h4-8,12H,3,9-11,13-14,20H2,1-2H3. The molecule has 1 saturated heterocycles. The topological polar surface area (TPSA) is 73.4 Å². The van der Waals surface area contributed by atoms with Crippen molar-refractivity contribution in [2.24, 2.45) is 11.1 Å². The molecule has 0 radical (unpaired) electrons. The summed E-state index contributed by atoms with van der Waals surface area (Å²) in [6.07, 6.45) is 3.58. The van der Waals surface area contributed by atoms with Crippen molar-refractivity contribution in [2.75, 3.05) is 26.2 Å². The Morgan fingerprint density at radius 3 is 2.76 bits per heavy atom. The van der Waals surface area contributed by atoms with Gasteiger partial charge in [-0.2, -0.15) is 5.10 Å². The smallest absolute Gasteiger partial charge is 0.278 e. The first kappa shape index (κ1) is 17.5. The lowest BCUT2D eigenvalue weighted by molar-refractivity contribution is 0.0766. The zero-order valence-electron chi connectivity index (χ0n) is 14.9. The fourth-order valence-electron chi connectivity index (χ4n) is 3.05. The van der Waals surface area contributed by atoms with Gasteiger partial charge in [0, 0.05) is 13.1 Å². The summed E-state index contributed by atoms with van der Waals surface area (Å²) in [5.41, 5.74) is 7.12. The van der Waals surface area contributed by atoms with Crippen LogP contribution in [0.5, 0.6) is 5.75 Å². The normalized spacial score (nSPS) is 20.0. The molecule has 0 aliphatic carbocycles. The Morgan fingerprint density at radius 1 is 1.36 bits per heavy atom. The minimum Gasteiger partial charge on any atom is -0.489 e. The van der Waals surface area contributed by atoms with Gasteiger partial charge in [0.25, 0.3) is 5.91 Å². The van der Waals surface area contributed by atoms with Crippen LogP contribution in [-0.2, 0) is 0 Å². The van der Waals surface area contributed by atoms with Crippen molar-refractivity contribution in [3.8, 4) is 11.4 Å². The highest BCUT2D eigenvalue weighted by Gasteiger charge is 2.37. The molecule has 3 rings (SSSR count). The first-order chi connectivity index (χ1) is 12.1. The third kappa shape index (κ3) is 3.69. The Morgan fingerprint density at radius 2 is 2.12 bits per heavy atom. The Bertz CT molecular complexity index is 728. The van der Waals surface area contributed by atoms with Gasteiger partial charge in [0.05, 0.1) is 18.5 Å². The molecule has 0 spiro atoms. The molecule has 6 nitrogen and oxygen atoms in total. The van der Waals surface area contributed by atoms with E-state index in [4.69, 9.17) is 10.5 Å². The SMILES string of the molecule is CCCOc1cn(-c2ccccc2)nc1C(=O)N1CCC(C)(CN)C1. The molecule has 1 atom stereocenters. The number of hydrogen-bond acceptors (Lipinski definition) is 4. The Balaban J connectivity index is 1.88. The van der Waals surface area contributed by atoms with Gasteiger partial charge in [-0.1, -0.05) is 32.0 Å². The minimum absolute atomic E-state index is 0.0118. The van der Waals surface area contributed by atoms with Crippen LogP contribution in [0.15, 0.2) is 36.5 Å². The number of nitrogens with zero attached hydrogens (tertiary/aromatic N) is 3. The second-order valence-electron chi connectivity index (χ2n) is 6.96. The molecular weight excluding hydrogens is 316 g/mol. The molecule has 0 bridgehead atoms. The molecule has 2 N–H and O–H groups in total. The van der Waals surface area contributed by atoms with Crippen molar-refractivity contribution in [1.29, 1.82) is 0 Å². The fraction of sp³-hybridized carbons (Fsp3) is 0.474. The maximum absolute atomic E-state index is 13.0. The molecule has 0 saturated carbocycles. The number of carbonyl (C=O) groups is 1. The number of likely N-dealkylation sites (tertiary alicyclic amines) is 1. The van der Waals surface area contributed by atoms with E-state index in [-0.39, 0.29) is 11.3 Å². The second kappa shape index (κ2) is 7.27. The molecule has 1 fully saturated rings. The van der Waals surface area contributed by atoms with Gasteiger partial charge in [0.15, 0.2) is 11.4 Å². The van der Waals surface area contributed by atoms with E-state index in [1.807, 2.05) is 42.2 Å². The van der Waals surface area contributed by atoms with Crippen LogP contribution in [-0.4, -0.2) is 46.8 Å². The average Bonchev–Trinajstić information content (AvgIpc) is 3.25. The van der Waals surface area contributed by atoms with E-state index in [0.717, 1.165) is 18.5 Å². The van der Waals surface area contributed by atoms with Gasteiger partial charge in [0.1, 0.15) is 0 Å². The third-order valence-corrected chi connectivity index (χ3v) is 4.70. The summed E-state index contributed by atoms with van der Waals surface area (Å²) in [4.78, 5) is 14.8. The van der Waals surface area contributed by atoms with Gasteiger partial charge in [0.2, 0.25) is 0 Å². The molecule has 1 aromatic heterocycles. The van der Waals surface area contributed by atoms with Crippen molar-refractivity contribution in [2.45, 2.75) is 26.7 Å². The second-order valence-corrected chi connectivity index (χ2v) is 6.96. The molecule has 1 aliphatic rings. The first-order valence-electron chi connectivity index (χ1n) is 8.83. The van der Waals surface area contributed by atoms with Crippen molar-refractivity contribution in [3.05, 3.63) is 42.2 Å². The zero-order valence-corrected chi connectivity index (χ0v) is 14.9. The Hall–Kier alpha value is -2.34. The number of para-hydroxylation sites is 1. The number of hydrogen-bond donors (Lipinski definition) is 1. The number of nitrogens with two attached hydrogens (primary N) is 1. The highest BCUT2D eigenvalue weighted by molar-refractivity contribution is 5.95. The van der Waals surface area contributed by atoms with E-state index >= 15 is 0 Å². The van der Waals surface area contributed by atoms with Crippen molar-refractivity contribution in [3.63, 3.8) is 0 Å². The molecule has 1 amide bonds. The first-order valence-corrected chi connectivity index (χ1v) is 8.83. The van der Waals surface area contributed by atoms with Crippen LogP contribution in [0.3, 0.4) is 0 Å². The van der Waals surface area contributed by atoms with Gasteiger partial charge < -0.3 is 15.4 Å². The summed E-state index contributed by atoms with van der Waals surface area (Å²) in [7, 11) is 0. The number of ether oxygens (including phenoxy) is 1. The quantitative estimate of drug-likeness (QED) is 0.875. The van der Waals surface area contributed by atoms with E-state index < -0.39 is 0 Å². The van der Waals surface area contributed by atoms with E-state index in [9.17, 15) is 4.79 Å². The lowest BCUT2D eigenvalue weighted by Crippen LogP contribution is -2.34. The Kier molecular flexibility index (Phi) is 5.08. The highest BCUT2D eigenvalue weighted by atomic mass is 16.5. The van der Waals surface area contributed by atoms with E-state index in [1.54, 1.807) is 10.9 Å². The van der Waals surface area contributed by atoms with Crippen LogP contribution in [0, 0.1) is 5.41 Å². The van der Waals surface area contributed by atoms with Gasteiger partial charge in [-0.3, -0.25) is 4.79 Å². The molecule has 1 unspecified atom stereocenters. The summed E-state index contributed by atoms with van der Waals surface area (Å²) in [5.74, 6) is 0.454. The number of carbonyl (C=O) groups excluding carboxylic acids is 1. The highest BCUT2D eigenvalue weighted by Crippen LogP contribution is 2.31. The van der Waals surface area contributed by atoms with Crippen molar-refractivity contribution < 1.29 is 9.53 Å². The van der Waals surface area contributed by atoms with E-state index in [0.29, 0.717) is 37.7 Å². The lowest BCUT2D eigenvalue weighted by atomic mass is 9.90. The minimum atomic E-state index is -0.0852. The van der Waals surface area contributed by atoms with Crippen LogP contribution in [0.1, 0.15) is 37.2 Å². The maximum atomic E-state index is 13.0. The summed E-state index contributed by atoms with van der Waals surface area (Å²) in [6, 6.07) is 9.74. The van der Waals surface area contributed by atoms with Crippen LogP contribution in [0.4, 0.5) is 0 Å². The summed E-state index contributed by atoms with van der Waals surface area (Å²) in [5, 5.41) is 4.52.